The minimum atomic E-state index is -4.18. The van der Waals surface area contributed by atoms with Crippen LogP contribution in [0.25, 0.3) is 0 Å². The molecule has 0 spiro atoms. The third kappa shape index (κ3) is 10.6. The first-order valence-corrected chi connectivity index (χ1v) is 20.9. The summed E-state index contributed by atoms with van der Waals surface area (Å²) in [4.78, 5) is 0. The Hall–Kier alpha value is -5.29. The molecule has 6 aromatic rings. The Bertz CT molecular complexity index is 2080. The number of ether oxygens (including phenoxy) is 4. The van der Waals surface area contributed by atoms with Crippen LogP contribution in [-0.2, 0) is 58.6 Å². The first-order valence-electron chi connectivity index (χ1n) is 19.2. The summed E-state index contributed by atoms with van der Waals surface area (Å²) in [5.41, 5.74) is 5.03. The fraction of sp³-hybridized carbons (Fsp3) is 0.250. The van der Waals surface area contributed by atoms with Gasteiger partial charge in [-0.05, 0) is 70.5 Å². The molecule has 1 fully saturated rings. The van der Waals surface area contributed by atoms with Gasteiger partial charge in [-0.1, -0.05) is 146 Å². The highest BCUT2D eigenvalue weighted by atomic mass is 32.2. The highest BCUT2D eigenvalue weighted by molar-refractivity contribution is 7.92. The van der Waals surface area contributed by atoms with Crippen LogP contribution < -0.4 is 9.47 Å². The number of aliphatic hydroxyl groups is 2. The van der Waals surface area contributed by atoms with E-state index < -0.39 is 44.8 Å². The Balaban J connectivity index is 1.16. The van der Waals surface area contributed by atoms with Gasteiger partial charge in [-0.2, -0.15) is 0 Å². The molecule has 0 amide bonds. The Kier molecular flexibility index (Phi) is 13.5. The first kappa shape index (κ1) is 39.9. The van der Waals surface area contributed by atoms with Crippen LogP contribution >= 0.6 is 0 Å². The lowest BCUT2D eigenvalue weighted by atomic mass is 9.94. The maximum atomic E-state index is 15.2. The molecule has 0 unspecified atom stereocenters. The third-order valence-electron chi connectivity index (χ3n) is 10.3. The topological polar surface area (TPSA) is 112 Å². The summed E-state index contributed by atoms with van der Waals surface area (Å²) >= 11 is 0. The van der Waals surface area contributed by atoms with E-state index in [1.807, 2.05) is 170 Å². The van der Waals surface area contributed by atoms with E-state index in [1.54, 1.807) is 0 Å². The van der Waals surface area contributed by atoms with Gasteiger partial charge in [0.15, 0.2) is 9.84 Å². The largest absolute Gasteiger partial charge is 0.489 e. The van der Waals surface area contributed by atoms with Crippen molar-refractivity contribution < 1.29 is 37.6 Å². The monoisotopic (exact) mass is 784 g/mol. The van der Waals surface area contributed by atoms with Gasteiger partial charge in [0.1, 0.15) is 49.1 Å². The molecule has 0 saturated carbocycles. The quantitative estimate of drug-likeness (QED) is 0.103. The second-order valence-corrected chi connectivity index (χ2v) is 16.8. The first-order chi connectivity index (χ1) is 27.8. The van der Waals surface area contributed by atoms with E-state index in [4.69, 9.17) is 18.9 Å². The average molecular weight is 785 g/mol. The average Bonchev–Trinajstić information content (AvgIpc) is 3.30. The standard InChI is InChI=1S/C48H48O8S/c49-45-46(50)48(56-34-40-24-14-26-42(28-40)54-32-38-21-11-4-12-22-38)44(30-36-17-7-2-8-18-36)57(51,52)43(29-35-15-5-1-6-16-35)47(45)55-33-39-23-13-25-41(27-39)53-31-37-19-9-3-10-20-37/h1-28,43-50H,29-34H2/t43-,44-,45-,46-,47+,48+/m1/s1. The summed E-state index contributed by atoms with van der Waals surface area (Å²) in [6.45, 7) is 0.710. The van der Waals surface area contributed by atoms with Crippen LogP contribution in [0, 0.1) is 0 Å². The van der Waals surface area contributed by atoms with Gasteiger partial charge >= 0.3 is 0 Å². The van der Waals surface area contributed by atoms with Crippen LogP contribution in [0.2, 0.25) is 0 Å². The maximum absolute atomic E-state index is 15.2. The number of hydrogen-bond donors (Lipinski definition) is 2. The molecule has 6 atom stereocenters. The van der Waals surface area contributed by atoms with Crippen molar-refractivity contribution in [3.05, 3.63) is 203 Å². The molecule has 2 N–H and O–H groups in total. The molecule has 0 bridgehead atoms. The van der Waals surface area contributed by atoms with Crippen molar-refractivity contribution in [1.29, 1.82) is 0 Å². The number of sulfone groups is 1. The molecule has 0 aliphatic carbocycles. The van der Waals surface area contributed by atoms with Gasteiger partial charge in [-0.25, -0.2) is 8.42 Å². The van der Waals surface area contributed by atoms with Crippen LogP contribution in [0.15, 0.2) is 170 Å². The van der Waals surface area contributed by atoms with Gasteiger partial charge in [0.25, 0.3) is 0 Å². The molecule has 9 heteroatoms. The Morgan fingerprint density at radius 1 is 0.404 bits per heavy atom. The summed E-state index contributed by atoms with van der Waals surface area (Å²) in [5, 5.41) is 21.7. The summed E-state index contributed by atoms with van der Waals surface area (Å²) in [6, 6.07) is 53.0. The fourth-order valence-corrected chi connectivity index (χ4v) is 9.84. The molecule has 1 saturated heterocycles. The highest BCUT2D eigenvalue weighted by Crippen LogP contribution is 2.35. The summed E-state index contributed by atoms with van der Waals surface area (Å²) in [7, 11) is -4.18. The molecule has 0 aromatic heterocycles. The smallest absolute Gasteiger partial charge is 0.161 e. The second-order valence-electron chi connectivity index (χ2n) is 14.4. The lowest BCUT2D eigenvalue weighted by Crippen LogP contribution is -2.49. The van der Waals surface area contributed by atoms with Gasteiger partial charge < -0.3 is 29.2 Å². The van der Waals surface area contributed by atoms with Crippen molar-refractivity contribution in [1.82, 2.24) is 0 Å². The van der Waals surface area contributed by atoms with E-state index in [-0.39, 0.29) is 26.1 Å². The molecule has 8 nitrogen and oxygen atoms in total. The van der Waals surface area contributed by atoms with Gasteiger partial charge in [-0.15, -0.1) is 0 Å². The zero-order chi connectivity index (χ0) is 39.5. The van der Waals surface area contributed by atoms with E-state index in [0.717, 1.165) is 33.4 Å². The minimum absolute atomic E-state index is 0.0254. The zero-order valence-corrected chi connectivity index (χ0v) is 32.4. The van der Waals surface area contributed by atoms with Crippen LogP contribution in [0.1, 0.15) is 33.4 Å². The second kappa shape index (κ2) is 19.2. The predicted octanol–water partition coefficient (Wildman–Crippen LogP) is 7.69. The van der Waals surface area contributed by atoms with E-state index in [1.165, 1.54) is 0 Å². The zero-order valence-electron chi connectivity index (χ0n) is 31.6. The lowest BCUT2D eigenvalue weighted by molar-refractivity contribution is -0.139. The van der Waals surface area contributed by atoms with Crippen LogP contribution in [0.4, 0.5) is 0 Å². The number of rotatable bonds is 16. The van der Waals surface area contributed by atoms with Crippen molar-refractivity contribution >= 4 is 9.84 Å². The number of aliphatic hydroxyl groups excluding tert-OH is 2. The maximum Gasteiger partial charge on any atom is 0.161 e. The van der Waals surface area contributed by atoms with E-state index in [9.17, 15) is 10.2 Å². The van der Waals surface area contributed by atoms with Crippen LogP contribution in [-0.4, -0.2) is 53.5 Å². The van der Waals surface area contributed by atoms with Gasteiger partial charge in [0.2, 0.25) is 0 Å². The molecular formula is C48H48O8S. The molecule has 1 heterocycles. The number of benzene rings is 6. The molecule has 1 aliphatic heterocycles. The van der Waals surface area contributed by atoms with Crippen LogP contribution in [0.3, 0.4) is 0 Å². The van der Waals surface area contributed by atoms with E-state index in [2.05, 4.69) is 0 Å². The van der Waals surface area contributed by atoms with Crippen LogP contribution in [0.5, 0.6) is 11.5 Å². The van der Waals surface area contributed by atoms with Crippen molar-refractivity contribution in [3.8, 4) is 11.5 Å². The molecule has 294 valence electrons. The normalized spacial score (nSPS) is 21.6. The molecular weight excluding hydrogens is 737 g/mol. The molecule has 0 radical (unpaired) electrons. The Labute approximate surface area is 335 Å². The highest BCUT2D eigenvalue weighted by Gasteiger charge is 2.54. The SMILES string of the molecule is O=S1(=O)[C@H](Cc2ccccc2)[C@H](OCc2cccc(OCc3ccccc3)c2)[C@H](O)[C@@H](O)[C@@H](OCc2cccc(OCc3ccccc3)c2)[C@H]1Cc1ccccc1. The summed E-state index contributed by atoms with van der Waals surface area (Å²) in [5.74, 6) is 1.25. The Morgan fingerprint density at radius 2 is 0.737 bits per heavy atom. The van der Waals surface area contributed by atoms with E-state index >= 15 is 8.42 Å². The summed E-state index contributed by atoms with van der Waals surface area (Å²) in [6.07, 6.45) is -5.65. The number of hydrogen-bond acceptors (Lipinski definition) is 8. The minimum Gasteiger partial charge on any atom is -0.489 e. The van der Waals surface area contributed by atoms with Crippen molar-refractivity contribution in [2.75, 3.05) is 0 Å². The third-order valence-corrected chi connectivity index (χ3v) is 12.9. The van der Waals surface area contributed by atoms with Crippen molar-refractivity contribution in [3.63, 3.8) is 0 Å². The fourth-order valence-electron chi connectivity index (χ4n) is 7.31. The Morgan fingerprint density at radius 3 is 1.11 bits per heavy atom. The van der Waals surface area contributed by atoms with Crippen molar-refractivity contribution in [2.45, 2.75) is 74.2 Å². The molecule has 1 aliphatic rings. The lowest BCUT2D eigenvalue weighted by Gasteiger charge is -2.31. The molecule has 6 aromatic carbocycles. The van der Waals surface area contributed by atoms with Crippen molar-refractivity contribution in [2.24, 2.45) is 0 Å². The predicted molar refractivity (Wildman–Crippen MR) is 220 cm³/mol. The molecule has 57 heavy (non-hydrogen) atoms. The van der Waals surface area contributed by atoms with Gasteiger partial charge in [0.05, 0.1) is 23.7 Å². The summed E-state index contributed by atoms with van der Waals surface area (Å²) < 4.78 is 55.4. The molecule has 7 rings (SSSR count). The van der Waals surface area contributed by atoms with Gasteiger partial charge in [0, 0.05) is 0 Å². The van der Waals surface area contributed by atoms with Gasteiger partial charge in [-0.3, -0.25) is 0 Å². The van der Waals surface area contributed by atoms with E-state index in [0.29, 0.717) is 24.7 Å².